The first-order valence-electron chi connectivity index (χ1n) is 8.65. The normalized spacial score (nSPS) is 18.2. The second kappa shape index (κ2) is 9.02. The Morgan fingerprint density at radius 1 is 1.28 bits per heavy atom. The maximum atomic E-state index is 15.0. The molecule has 0 atom stereocenters. The fourth-order valence-corrected chi connectivity index (χ4v) is 3.53. The highest BCUT2D eigenvalue weighted by Crippen LogP contribution is 2.27. The Kier molecular flexibility index (Phi) is 7.29. The Labute approximate surface area is 159 Å². The molecule has 0 saturated carbocycles. The molecule has 0 aliphatic carbocycles. The fourth-order valence-electron chi connectivity index (χ4n) is 3.01. The molecular formula is C19H25Cl2FN2O. The standard InChI is InChI=1S/C19H25Cl2FN2O/c1-3-14(4-2)12-24-7-5-19(22,6-8-24)13-23-18(25)15-9-16(20)11-17(21)10-15/h3,9-11H,4-8,12-13H2,1-2H3,(H,23,25). The van der Waals surface area contributed by atoms with Gasteiger partial charge < -0.3 is 5.32 Å². The molecule has 6 heteroatoms. The van der Waals surface area contributed by atoms with Gasteiger partial charge in [-0.05, 0) is 44.4 Å². The van der Waals surface area contributed by atoms with Gasteiger partial charge in [0, 0.05) is 35.2 Å². The summed E-state index contributed by atoms with van der Waals surface area (Å²) in [5.41, 5.74) is 0.355. The predicted molar refractivity (Wildman–Crippen MR) is 102 cm³/mol. The molecule has 25 heavy (non-hydrogen) atoms. The topological polar surface area (TPSA) is 32.3 Å². The number of hydrogen-bond donors (Lipinski definition) is 1. The lowest BCUT2D eigenvalue weighted by Crippen LogP contribution is -2.48. The average molecular weight is 387 g/mol. The molecule has 1 N–H and O–H groups in total. The first kappa shape index (κ1) is 20.2. The number of nitrogens with one attached hydrogen (secondary N) is 1. The van der Waals surface area contributed by atoms with Crippen LogP contribution in [0, 0.1) is 0 Å². The van der Waals surface area contributed by atoms with Gasteiger partial charge >= 0.3 is 0 Å². The van der Waals surface area contributed by atoms with Crippen LogP contribution in [0.1, 0.15) is 43.5 Å². The van der Waals surface area contributed by atoms with Crippen molar-refractivity contribution in [2.75, 3.05) is 26.2 Å². The van der Waals surface area contributed by atoms with Crippen molar-refractivity contribution in [3.8, 4) is 0 Å². The number of amides is 1. The van der Waals surface area contributed by atoms with E-state index in [0.29, 0.717) is 41.5 Å². The van der Waals surface area contributed by atoms with Gasteiger partial charge in [0.25, 0.3) is 5.91 Å². The Bertz CT molecular complexity index is 620. The van der Waals surface area contributed by atoms with E-state index in [1.165, 1.54) is 17.7 Å². The zero-order valence-corrected chi connectivity index (χ0v) is 16.3. The van der Waals surface area contributed by atoms with Crippen LogP contribution in [0.4, 0.5) is 4.39 Å². The first-order valence-corrected chi connectivity index (χ1v) is 9.40. The average Bonchev–Trinajstić information content (AvgIpc) is 2.58. The number of piperidine rings is 1. The number of nitrogens with zero attached hydrogens (tertiary/aromatic N) is 1. The van der Waals surface area contributed by atoms with Gasteiger partial charge in [-0.3, -0.25) is 9.69 Å². The maximum Gasteiger partial charge on any atom is 0.251 e. The molecule has 0 unspecified atom stereocenters. The van der Waals surface area contributed by atoms with Crippen molar-refractivity contribution < 1.29 is 9.18 Å². The molecule has 0 aromatic heterocycles. The van der Waals surface area contributed by atoms with Crippen LogP contribution in [-0.4, -0.2) is 42.7 Å². The molecule has 1 aliphatic heterocycles. The smallest absolute Gasteiger partial charge is 0.251 e. The second-order valence-electron chi connectivity index (χ2n) is 6.57. The summed E-state index contributed by atoms with van der Waals surface area (Å²) in [4.78, 5) is 14.5. The Balaban J connectivity index is 1.86. The van der Waals surface area contributed by atoms with E-state index in [4.69, 9.17) is 23.2 Å². The third kappa shape index (κ3) is 5.98. The van der Waals surface area contributed by atoms with E-state index in [-0.39, 0.29) is 12.5 Å². The van der Waals surface area contributed by atoms with Crippen molar-refractivity contribution in [2.45, 2.75) is 38.8 Å². The highest BCUT2D eigenvalue weighted by molar-refractivity contribution is 6.35. The van der Waals surface area contributed by atoms with E-state index in [1.807, 2.05) is 6.92 Å². The summed E-state index contributed by atoms with van der Waals surface area (Å²) in [6.07, 6.45) is 3.99. The van der Waals surface area contributed by atoms with Gasteiger partial charge in [-0.25, -0.2) is 4.39 Å². The zero-order valence-electron chi connectivity index (χ0n) is 14.7. The van der Waals surface area contributed by atoms with Gasteiger partial charge in [0.05, 0.1) is 6.54 Å². The van der Waals surface area contributed by atoms with Gasteiger partial charge in [-0.15, -0.1) is 0 Å². The summed E-state index contributed by atoms with van der Waals surface area (Å²) in [6.45, 7) is 6.49. The largest absolute Gasteiger partial charge is 0.349 e. The fraction of sp³-hybridized carbons (Fsp3) is 0.526. The lowest BCUT2D eigenvalue weighted by molar-refractivity contribution is 0.0574. The minimum absolute atomic E-state index is 0.00799. The van der Waals surface area contributed by atoms with Gasteiger partial charge in [0.2, 0.25) is 0 Å². The molecular weight excluding hydrogens is 362 g/mol. The van der Waals surface area contributed by atoms with Crippen molar-refractivity contribution in [2.24, 2.45) is 0 Å². The van der Waals surface area contributed by atoms with Crippen molar-refractivity contribution >= 4 is 29.1 Å². The van der Waals surface area contributed by atoms with Crippen LogP contribution in [-0.2, 0) is 0 Å². The number of allylic oxidation sites excluding steroid dienone is 1. The maximum absolute atomic E-state index is 15.0. The van der Waals surface area contributed by atoms with E-state index in [2.05, 4.69) is 23.2 Å². The third-order valence-corrected chi connectivity index (χ3v) is 5.17. The van der Waals surface area contributed by atoms with Gasteiger partial charge in [-0.1, -0.05) is 41.8 Å². The Morgan fingerprint density at radius 2 is 1.88 bits per heavy atom. The predicted octanol–water partition coefficient (Wildman–Crippen LogP) is 4.88. The molecule has 2 rings (SSSR count). The van der Waals surface area contributed by atoms with Crippen LogP contribution in [0.15, 0.2) is 29.8 Å². The van der Waals surface area contributed by atoms with Crippen molar-refractivity contribution in [3.63, 3.8) is 0 Å². The quantitative estimate of drug-likeness (QED) is 0.706. The zero-order chi connectivity index (χ0) is 18.4. The summed E-state index contributed by atoms with van der Waals surface area (Å²) >= 11 is 11.8. The molecule has 1 aliphatic rings. The second-order valence-corrected chi connectivity index (χ2v) is 7.44. The summed E-state index contributed by atoms with van der Waals surface area (Å²) in [5, 5.41) is 3.45. The molecule has 0 radical (unpaired) electrons. The number of benzene rings is 1. The SMILES string of the molecule is CC=C(CC)CN1CCC(F)(CNC(=O)c2cc(Cl)cc(Cl)c2)CC1. The number of alkyl halides is 1. The summed E-state index contributed by atoms with van der Waals surface area (Å²) in [6, 6.07) is 4.61. The van der Waals surface area contributed by atoms with Crippen LogP contribution in [0.3, 0.4) is 0 Å². The summed E-state index contributed by atoms with van der Waals surface area (Å²) < 4.78 is 15.0. The van der Waals surface area contributed by atoms with Crippen LogP contribution in [0.5, 0.6) is 0 Å². The van der Waals surface area contributed by atoms with Crippen molar-refractivity contribution in [3.05, 3.63) is 45.5 Å². The summed E-state index contributed by atoms with van der Waals surface area (Å²) in [7, 11) is 0. The molecule has 1 aromatic rings. The lowest BCUT2D eigenvalue weighted by atomic mass is 9.92. The van der Waals surface area contributed by atoms with E-state index < -0.39 is 5.67 Å². The van der Waals surface area contributed by atoms with Crippen molar-refractivity contribution in [1.29, 1.82) is 0 Å². The highest BCUT2D eigenvalue weighted by Gasteiger charge is 2.34. The molecule has 1 aromatic carbocycles. The third-order valence-electron chi connectivity index (χ3n) is 4.73. The van der Waals surface area contributed by atoms with E-state index in [0.717, 1.165) is 13.0 Å². The van der Waals surface area contributed by atoms with Crippen molar-refractivity contribution in [1.82, 2.24) is 10.2 Å². The molecule has 0 bridgehead atoms. The van der Waals surface area contributed by atoms with E-state index in [9.17, 15) is 9.18 Å². The first-order chi connectivity index (χ1) is 11.8. The number of carbonyl (C=O) groups is 1. The van der Waals surface area contributed by atoms with Gasteiger partial charge in [0.1, 0.15) is 5.67 Å². The molecule has 138 valence electrons. The van der Waals surface area contributed by atoms with E-state index >= 15 is 0 Å². The number of carbonyl (C=O) groups excluding carboxylic acids is 1. The monoisotopic (exact) mass is 386 g/mol. The van der Waals surface area contributed by atoms with Gasteiger partial charge in [0.15, 0.2) is 0 Å². The van der Waals surface area contributed by atoms with Gasteiger partial charge in [-0.2, -0.15) is 0 Å². The molecule has 1 heterocycles. The van der Waals surface area contributed by atoms with Crippen LogP contribution in [0.2, 0.25) is 10.0 Å². The molecule has 3 nitrogen and oxygen atoms in total. The van der Waals surface area contributed by atoms with Crippen LogP contribution >= 0.6 is 23.2 Å². The Hall–Kier alpha value is -1.10. The lowest BCUT2D eigenvalue weighted by Gasteiger charge is -2.36. The Morgan fingerprint density at radius 3 is 2.40 bits per heavy atom. The van der Waals surface area contributed by atoms with E-state index in [1.54, 1.807) is 6.07 Å². The number of hydrogen-bond acceptors (Lipinski definition) is 2. The minimum atomic E-state index is -1.36. The summed E-state index contributed by atoms with van der Waals surface area (Å²) in [5.74, 6) is -0.356. The molecule has 0 spiro atoms. The molecule has 1 saturated heterocycles. The molecule has 1 fully saturated rings. The van der Waals surface area contributed by atoms with Crippen LogP contribution in [0.25, 0.3) is 0 Å². The van der Waals surface area contributed by atoms with Crippen LogP contribution < -0.4 is 5.32 Å². The number of likely N-dealkylation sites (tertiary alicyclic amines) is 1. The number of halogens is 3. The number of rotatable bonds is 6. The highest BCUT2D eigenvalue weighted by atomic mass is 35.5. The minimum Gasteiger partial charge on any atom is -0.349 e. The molecule has 1 amide bonds.